The van der Waals surface area contributed by atoms with Gasteiger partial charge in [0.25, 0.3) is 5.91 Å². The maximum Gasteiger partial charge on any atom is 0.254 e. The van der Waals surface area contributed by atoms with Crippen molar-refractivity contribution in [3.8, 4) is 0 Å². The maximum atomic E-state index is 12.8. The molecule has 0 radical (unpaired) electrons. The Morgan fingerprint density at radius 2 is 2.24 bits per heavy atom. The first-order valence-corrected chi connectivity index (χ1v) is 7.64. The molecule has 4 nitrogen and oxygen atoms in total. The largest absolute Gasteiger partial charge is 0.384 e. The first kappa shape index (κ1) is 12.5. The number of carbonyl (C=O) groups is 1. The Morgan fingerprint density at radius 3 is 3.10 bits per heavy atom. The number of H-pyrrole nitrogens is 1. The standard InChI is InChI=1S/C17H19N3O/c21-17(13-5-6-14-12(11-13)7-9-19-14)20-10-2-4-16(20)15-3-1-8-18-15/h1,3,5-6,8,11,16,18-19H,2,4,7,9-10H2/t16-/m0/s1. The van der Waals surface area contributed by atoms with Crippen molar-refractivity contribution in [3.05, 3.63) is 53.3 Å². The van der Waals surface area contributed by atoms with Crippen molar-refractivity contribution in [1.82, 2.24) is 9.88 Å². The van der Waals surface area contributed by atoms with Crippen LogP contribution in [0.1, 0.15) is 40.5 Å². The SMILES string of the molecule is O=C(c1ccc2c(c1)CCN2)N1CCC[C@H]1c1ccc[nH]1. The van der Waals surface area contributed by atoms with Crippen molar-refractivity contribution in [1.29, 1.82) is 0 Å². The highest BCUT2D eigenvalue weighted by molar-refractivity contribution is 5.95. The van der Waals surface area contributed by atoms with E-state index >= 15 is 0 Å². The summed E-state index contributed by atoms with van der Waals surface area (Å²) in [6.07, 6.45) is 5.05. The van der Waals surface area contributed by atoms with E-state index in [4.69, 9.17) is 0 Å². The lowest BCUT2D eigenvalue weighted by Crippen LogP contribution is -2.30. The van der Waals surface area contributed by atoms with E-state index in [0.717, 1.165) is 43.6 Å². The van der Waals surface area contributed by atoms with Gasteiger partial charge in [0, 0.05) is 36.2 Å². The number of hydrogen-bond donors (Lipinski definition) is 2. The Balaban J connectivity index is 1.62. The van der Waals surface area contributed by atoms with Gasteiger partial charge in [-0.25, -0.2) is 0 Å². The summed E-state index contributed by atoms with van der Waals surface area (Å²) in [5, 5.41) is 3.34. The van der Waals surface area contributed by atoms with Gasteiger partial charge in [-0.2, -0.15) is 0 Å². The molecule has 2 aromatic rings. The van der Waals surface area contributed by atoms with Crippen molar-refractivity contribution in [2.75, 3.05) is 18.4 Å². The second-order valence-corrected chi connectivity index (χ2v) is 5.83. The summed E-state index contributed by atoms with van der Waals surface area (Å²) in [5.41, 5.74) is 4.39. The number of benzene rings is 1. The van der Waals surface area contributed by atoms with E-state index in [1.165, 1.54) is 11.3 Å². The number of nitrogens with zero attached hydrogens (tertiary/aromatic N) is 1. The van der Waals surface area contributed by atoms with Crippen LogP contribution >= 0.6 is 0 Å². The molecule has 1 aromatic carbocycles. The summed E-state index contributed by atoms with van der Waals surface area (Å²) < 4.78 is 0. The molecule has 108 valence electrons. The number of aromatic amines is 1. The molecule has 21 heavy (non-hydrogen) atoms. The van der Waals surface area contributed by atoms with Crippen LogP contribution in [0.5, 0.6) is 0 Å². The number of hydrogen-bond acceptors (Lipinski definition) is 2. The third-order valence-corrected chi connectivity index (χ3v) is 4.56. The average Bonchev–Trinajstić information content (AvgIpc) is 3.24. The van der Waals surface area contributed by atoms with Crippen LogP contribution in [0.25, 0.3) is 0 Å². The van der Waals surface area contributed by atoms with Crippen LogP contribution in [0.15, 0.2) is 36.5 Å². The fraction of sp³-hybridized carbons (Fsp3) is 0.353. The van der Waals surface area contributed by atoms with Gasteiger partial charge in [-0.05, 0) is 55.2 Å². The van der Waals surface area contributed by atoms with Crippen LogP contribution in [-0.2, 0) is 6.42 Å². The smallest absolute Gasteiger partial charge is 0.254 e. The molecule has 3 heterocycles. The summed E-state index contributed by atoms with van der Waals surface area (Å²) >= 11 is 0. The Bertz CT molecular complexity index is 663. The topological polar surface area (TPSA) is 48.1 Å². The van der Waals surface area contributed by atoms with E-state index in [1.54, 1.807) is 0 Å². The lowest BCUT2D eigenvalue weighted by molar-refractivity contribution is 0.0733. The molecule has 1 aromatic heterocycles. The summed E-state index contributed by atoms with van der Waals surface area (Å²) in [4.78, 5) is 18.1. The Hall–Kier alpha value is -2.23. The number of carbonyl (C=O) groups excluding carboxylic acids is 1. The second kappa shape index (κ2) is 4.95. The van der Waals surface area contributed by atoms with Gasteiger partial charge in [-0.1, -0.05) is 0 Å². The monoisotopic (exact) mass is 281 g/mol. The van der Waals surface area contributed by atoms with Crippen LogP contribution in [0, 0.1) is 0 Å². The van der Waals surface area contributed by atoms with Crippen molar-refractivity contribution in [2.24, 2.45) is 0 Å². The van der Waals surface area contributed by atoms with Crippen molar-refractivity contribution in [2.45, 2.75) is 25.3 Å². The van der Waals surface area contributed by atoms with E-state index in [1.807, 2.05) is 29.3 Å². The molecule has 0 spiro atoms. The number of amides is 1. The molecule has 1 amide bonds. The van der Waals surface area contributed by atoms with Crippen molar-refractivity contribution in [3.63, 3.8) is 0 Å². The zero-order valence-corrected chi connectivity index (χ0v) is 11.9. The van der Waals surface area contributed by atoms with Gasteiger partial charge in [0.2, 0.25) is 0 Å². The molecule has 2 N–H and O–H groups in total. The number of rotatable bonds is 2. The zero-order chi connectivity index (χ0) is 14.2. The molecule has 0 saturated carbocycles. The predicted molar refractivity (Wildman–Crippen MR) is 82.4 cm³/mol. The third kappa shape index (κ3) is 2.11. The highest BCUT2D eigenvalue weighted by atomic mass is 16.2. The maximum absolute atomic E-state index is 12.8. The van der Waals surface area contributed by atoms with Gasteiger partial charge in [0.15, 0.2) is 0 Å². The predicted octanol–water partition coefficient (Wildman–Crippen LogP) is 2.96. The quantitative estimate of drug-likeness (QED) is 0.889. The molecular weight excluding hydrogens is 262 g/mol. The van der Waals surface area contributed by atoms with Gasteiger partial charge in [-0.15, -0.1) is 0 Å². The molecule has 0 unspecified atom stereocenters. The fourth-order valence-electron chi connectivity index (χ4n) is 3.49. The van der Waals surface area contributed by atoms with Crippen LogP contribution < -0.4 is 5.32 Å². The summed E-state index contributed by atoms with van der Waals surface area (Å²) in [6.45, 7) is 1.82. The lowest BCUT2D eigenvalue weighted by atomic mass is 10.1. The molecule has 1 atom stereocenters. The second-order valence-electron chi connectivity index (χ2n) is 5.83. The Labute approximate surface area is 124 Å². The van der Waals surface area contributed by atoms with Crippen molar-refractivity contribution < 1.29 is 4.79 Å². The number of aromatic nitrogens is 1. The Kier molecular flexibility index (Phi) is 2.95. The lowest BCUT2D eigenvalue weighted by Gasteiger charge is -2.24. The van der Waals surface area contributed by atoms with Crippen LogP contribution in [0.2, 0.25) is 0 Å². The van der Waals surface area contributed by atoms with Crippen LogP contribution in [0.3, 0.4) is 0 Å². The molecule has 4 heteroatoms. The third-order valence-electron chi connectivity index (χ3n) is 4.56. The normalized spacial score (nSPS) is 20.4. The molecular formula is C17H19N3O. The van der Waals surface area contributed by atoms with E-state index in [-0.39, 0.29) is 11.9 Å². The highest BCUT2D eigenvalue weighted by Crippen LogP contribution is 2.33. The number of fused-ring (bicyclic) bond motifs is 1. The van der Waals surface area contributed by atoms with Crippen molar-refractivity contribution >= 4 is 11.6 Å². The number of likely N-dealkylation sites (tertiary alicyclic amines) is 1. The van der Waals surface area contributed by atoms with E-state index in [2.05, 4.69) is 22.4 Å². The number of anilines is 1. The minimum atomic E-state index is 0.154. The van der Waals surface area contributed by atoms with E-state index in [0.29, 0.717) is 0 Å². The summed E-state index contributed by atoms with van der Waals surface area (Å²) in [7, 11) is 0. The molecule has 0 bridgehead atoms. The molecule has 0 aliphatic carbocycles. The minimum Gasteiger partial charge on any atom is -0.384 e. The zero-order valence-electron chi connectivity index (χ0n) is 11.9. The van der Waals surface area contributed by atoms with Crippen LogP contribution in [-0.4, -0.2) is 28.9 Å². The van der Waals surface area contributed by atoms with Gasteiger partial charge in [0.05, 0.1) is 6.04 Å². The average molecular weight is 281 g/mol. The summed E-state index contributed by atoms with van der Waals surface area (Å²) in [5.74, 6) is 0.154. The summed E-state index contributed by atoms with van der Waals surface area (Å²) in [6, 6.07) is 10.3. The first-order chi connectivity index (χ1) is 10.3. The first-order valence-electron chi connectivity index (χ1n) is 7.64. The van der Waals surface area contributed by atoms with E-state index < -0.39 is 0 Å². The Morgan fingerprint density at radius 1 is 1.29 bits per heavy atom. The van der Waals surface area contributed by atoms with Crippen LogP contribution in [0.4, 0.5) is 5.69 Å². The van der Waals surface area contributed by atoms with Gasteiger partial charge in [0.1, 0.15) is 0 Å². The number of nitrogens with one attached hydrogen (secondary N) is 2. The minimum absolute atomic E-state index is 0.154. The van der Waals surface area contributed by atoms with Gasteiger partial charge in [-0.3, -0.25) is 4.79 Å². The fourth-order valence-corrected chi connectivity index (χ4v) is 3.49. The molecule has 2 aliphatic heterocycles. The van der Waals surface area contributed by atoms with Gasteiger partial charge >= 0.3 is 0 Å². The van der Waals surface area contributed by atoms with Gasteiger partial charge < -0.3 is 15.2 Å². The molecule has 4 rings (SSSR count). The molecule has 1 fully saturated rings. The highest BCUT2D eigenvalue weighted by Gasteiger charge is 2.31. The molecule has 2 aliphatic rings. The van der Waals surface area contributed by atoms with E-state index in [9.17, 15) is 4.79 Å². The molecule has 1 saturated heterocycles.